The van der Waals surface area contributed by atoms with E-state index >= 15 is 0 Å². The van der Waals surface area contributed by atoms with E-state index in [0.29, 0.717) is 26.2 Å². The number of hydrazine groups is 1. The van der Waals surface area contributed by atoms with Crippen molar-refractivity contribution in [2.45, 2.75) is 6.42 Å². The topological polar surface area (TPSA) is 112 Å². The zero-order valence-electron chi connectivity index (χ0n) is 12.3. The van der Waals surface area contributed by atoms with E-state index in [1.165, 1.54) is 6.26 Å². The van der Waals surface area contributed by atoms with Crippen LogP contribution in [-0.2, 0) is 14.4 Å². The molecular weight excluding hydrogens is 304 g/mol. The van der Waals surface area contributed by atoms with Crippen molar-refractivity contribution in [2.24, 2.45) is 5.92 Å². The van der Waals surface area contributed by atoms with Crippen LogP contribution in [0.5, 0.6) is 0 Å². The van der Waals surface area contributed by atoms with Crippen LogP contribution in [0.4, 0.5) is 0 Å². The summed E-state index contributed by atoms with van der Waals surface area (Å²) >= 11 is 0. The highest BCUT2D eigenvalue weighted by molar-refractivity contribution is 6.07. The minimum atomic E-state index is -0.981. The van der Waals surface area contributed by atoms with Crippen LogP contribution in [-0.4, -0.2) is 59.6 Å². The lowest BCUT2D eigenvalue weighted by Gasteiger charge is -2.34. The Kier molecular flexibility index (Phi) is 4.00. The van der Waals surface area contributed by atoms with Gasteiger partial charge in [0, 0.05) is 32.6 Å². The number of carbonyl (C=O) groups excluding carboxylic acids is 4. The van der Waals surface area contributed by atoms with Crippen LogP contribution in [0.1, 0.15) is 17.0 Å². The molecule has 0 atom stereocenters. The van der Waals surface area contributed by atoms with Gasteiger partial charge in [0.25, 0.3) is 17.7 Å². The third-order valence-corrected chi connectivity index (χ3v) is 3.97. The lowest BCUT2D eigenvalue weighted by Crippen LogP contribution is -2.51. The first-order valence-corrected chi connectivity index (χ1v) is 7.26. The largest absolute Gasteiger partial charge is 0.459 e. The lowest BCUT2D eigenvalue weighted by atomic mass is 10.0. The van der Waals surface area contributed by atoms with E-state index in [0.717, 1.165) is 0 Å². The molecule has 0 bridgehead atoms. The smallest absolute Gasteiger partial charge is 0.289 e. The van der Waals surface area contributed by atoms with Crippen molar-refractivity contribution in [3.05, 3.63) is 24.2 Å². The van der Waals surface area contributed by atoms with Gasteiger partial charge in [0.2, 0.25) is 5.91 Å². The van der Waals surface area contributed by atoms with Crippen molar-refractivity contribution >= 4 is 23.6 Å². The molecule has 4 amide bonds. The molecule has 0 aliphatic carbocycles. The van der Waals surface area contributed by atoms with Crippen molar-refractivity contribution in [1.29, 1.82) is 0 Å². The molecule has 3 heterocycles. The Morgan fingerprint density at radius 2 is 1.70 bits per heavy atom. The summed E-state index contributed by atoms with van der Waals surface area (Å²) < 4.78 is 5.07. The van der Waals surface area contributed by atoms with Gasteiger partial charge in [-0.25, -0.2) is 0 Å². The Morgan fingerprint density at radius 1 is 1.09 bits per heavy atom. The number of carbonyl (C=O) groups is 4. The van der Waals surface area contributed by atoms with Crippen LogP contribution in [0.3, 0.4) is 0 Å². The Hall–Kier alpha value is -2.84. The van der Waals surface area contributed by atoms with E-state index in [2.05, 4.69) is 10.9 Å². The number of hydrogen-bond donors (Lipinski definition) is 2. The van der Waals surface area contributed by atoms with Crippen LogP contribution in [0.2, 0.25) is 0 Å². The number of furan rings is 1. The van der Waals surface area contributed by atoms with Gasteiger partial charge in [-0.3, -0.25) is 30.0 Å². The quantitative estimate of drug-likeness (QED) is 0.675. The van der Waals surface area contributed by atoms with Crippen LogP contribution >= 0.6 is 0 Å². The molecule has 2 aliphatic heterocycles. The molecule has 0 unspecified atom stereocenters. The number of piperazine rings is 1. The van der Waals surface area contributed by atoms with Gasteiger partial charge in [0.15, 0.2) is 5.76 Å². The maximum atomic E-state index is 12.2. The highest BCUT2D eigenvalue weighted by Gasteiger charge is 2.36. The second-order valence-corrected chi connectivity index (χ2v) is 5.39. The van der Waals surface area contributed by atoms with Crippen molar-refractivity contribution in [2.75, 3.05) is 26.2 Å². The van der Waals surface area contributed by atoms with Gasteiger partial charge in [-0.1, -0.05) is 0 Å². The maximum absolute atomic E-state index is 12.2. The van der Waals surface area contributed by atoms with Gasteiger partial charge in [0.05, 0.1) is 6.26 Å². The maximum Gasteiger partial charge on any atom is 0.289 e. The van der Waals surface area contributed by atoms with Crippen LogP contribution in [0.15, 0.2) is 22.8 Å². The minimum absolute atomic E-state index is 0.163. The molecule has 9 nitrogen and oxygen atoms in total. The van der Waals surface area contributed by atoms with E-state index < -0.39 is 17.7 Å². The summed E-state index contributed by atoms with van der Waals surface area (Å²) in [4.78, 5) is 50.4. The fourth-order valence-corrected chi connectivity index (χ4v) is 2.62. The van der Waals surface area contributed by atoms with Crippen LogP contribution in [0.25, 0.3) is 0 Å². The van der Waals surface area contributed by atoms with Crippen LogP contribution < -0.4 is 10.9 Å². The van der Waals surface area contributed by atoms with Crippen molar-refractivity contribution in [3.8, 4) is 0 Å². The molecule has 1 aromatic heterocycles. The second-order valence-electron chi connectivity index (χ2n) is 5.39. The van der Waals surface area contributed by atoms with E-state index in [1.54, 1.807) is 21.9 Å². The Labute approximate surface area is 131 Å². The Bertz CT molecular complexity index is 618. The summed E-state index contributed by atoms with van der Waals surface area (Å²) in [7, 11) is 0. The van der Waals surface area contributed by atoms with Gasteiger partial charge in [-0.15, -0.1) is 0 Å². The minimum Gasteiger partial charge on any atom is -0.459 e. The molecule has 0 aromatic carbocycles. The Morgan fingerprint density at radius 3 is 2.26 bits per heavy atom. The first-order chi connectivity index (χ1) is 11.1. The normalized spacial score (nSPS) is 18.8. The third-order valence-electron chi connectivity index (χ3n) is 3.97. The molecule has 1 aromatic rings. The van der Waals surface area contributed by atoms with E-state index in [9.17, 15) is 19.2 Å². The highest BCUT2D eigenvalue weighted by Crippen LogP contribution is 2.14. The van der Waals surface area contributed by atoms with Gasteiger partial charge >= 0.3 is 0 Å². The zero-order chi connectivity index (χ0) is 16.4. The number of nitrogens with zero attached hydrogens (tertiary/aromatic N) is 2. The van der Waals surface area contributed by atoms with Gasteiger partial charge in [-0.05, 0) is 12.1 Å². The summed E-state index contributed by atoms with van der Waals surface area (Å²) in [6.07, 6.45) is 1.27. The summed E-state index contributed by atoms with van der Waals surface area (Å²) in [6.45, 7) is 1.49. The monoisotopic (exact) mass is 320 g/mol. The first-order valence-electron chi connectivity index (χ1n) is 7.26. The molecule has 0 saturated carbocycles. The summed E-state index contributed by atoms with van der Waals surface area (Å²) in [5.74, 6) is -2.18. The number of hydrogen-bond acceptors (Lipinski definition) is 5. The zero-order valence-corrected chi connectivity index (χ0v) is 12.3. The standard InChI is InChI=1S/C14H16N4O5/c19-11(8-9-12(20)15-16-13(9)21)17-3-5-18(6-4-17)14(22)10-2-1-7-23-10/h1-2,7,9H,3-6,8H2,(H,15,20)(H,16,21). The first kappa shape index (κ1) is 15.1. The molecule has 122 valence electrons. The Balaban J connectivity index is 1.52. The van der Waals surface area contributed by atoms with Gasteiger partial charge in [-0.2, -0.15) is 0 Å². The number of amides is 4. The summed E-state index contributed by atoms with van der Waals surface area (Å²) in [5.41, 5.74) is 4.39. The lowest BCUT2D eigenvalue weighted by molar-refractivity contribution is -0.139. The fourth-order valence-electron chi connectivity index (χ4n) is 2.62. The number of rotatable bonds is 3. The van der Waals surface area contributed by atoms with Crippen molar-refractivity contribution in [1.82, 2.24) is 20.7 Å². The average molecular weight is 320 g/mol. The van der Waals surface area contributed by atoms with E-state index in [4.69, 9.17) is 4.42 Å². The van der Waals surface area contributed by atoms with E-state index in [1.807, 2.05) is 0 Å². The molecule has 2 saturated heterocycles. The third kappa shape index (κ3) is 3.03. The fraction of sp³-hybridized carbons (Fsp3) is 0.429. The molecule has 2 fully saturated rings. The van der Waals surface area contributed by atoms with Crippen molar-refractivity contribution in [3.63, 3.8) is 0 Å². The molecule has 0 radical (unpaired) electrons. The van der Waals surface area contributed by atoms with Gasteiger partial charge in [0.1, 0.15) is 5.92 Å². The van der Waals surface area contributed by atoms with Gasteiger partial charge < -0.3 is 14.2 Å². The molecule has 0 spiro atoms. The molecule has 23 heavy (non-hydrogen) atoms. The predicted octanol–water partition coefficient (Wildman–Crippen LogP) is -1.27. The second kappa shape index (κ2) is 6.11. The summed E-state index contributed by atoms with van der Waals surface area (Å²) in [6, 6.07) is 3.24. The molecule has 3 rings (SSSR count). The summed E-state index contributed by atoms with van der Waals surface area (Å²) in [5, 5.41) is 0. The van der Waals surface area contributed by atoms with Crippen LogP contribution in [0, 0.1) is 5.92 Å². The SMILES string of the molecule is O=C1NNC(=O)C1CC(=O)N1CCN(C(=O)c2ccco2)CC1. The molecular formula is C14H16N4O5. The highest BCUT2D eigenvalue weighted by atomic mass is 16.3. The van der Waals surface area contributed by atoms with Crippen molar-refractivity contribution < 1.29 is 23.6 Å². The number of nitrogens with one attached hydrogen (secondary N) is 2. The van der Waals surface area contributed by atoms with E-state index in [-0.39, 0.29) is 24.0 Å². The predicted molar refractivity (Wildman–Crippen MR) is 75.6 cm³/mol. The molecule has 2 N–H and O–H groups in total. The molecule has 2 aliphatic rings. The molecule has 9 heteroatoms. The average Bonchev–Trinajstić information content (AvgIpc) is 3.20.